The summed E-state index contributed by atoms with van der Waals surface area (Å²) >= 11 is 0. The van der Waals surface area contributed by atoms with Crippen LogP contribution in [0, 0.1) is 0 Å². The molecular weight excluding hydrogens is 330 g/mol. The third-order valence-corrected chi connectivity index (χ3v) is 4.67. The van der Waals surface area contributed by atoms with E-state index < -0.39 is 0 Å². The Morgan fingerprint density at radius 3 is 2.69 bits per heavy atom. The van der Waals surface area contributed by atoms with E-state index >= 15 is 0 Å². The highest BCUT2D eigenvalue weighted by Gasteiger charge is 2.18. The smallest absolute Gasteiger partial charge is 0.204 e. The predicted octanol–water partition coefficient (Wildman–Crippen LogP) is 3.55. The van der Waals surface area contributed by atoms with E-state index in [1.54, 1.807) is 12.3 Å². The molecule has 1 fully saturated rings. The quantitative estimate of drug-likeness (QED) is 0.775. The van der Waals surface area contributed by atoms with Crippen LogP contribution in [0.25, 0.3) is 11.0 Å². The normalized spacial score (nSPS) is 15.1. The van der Waals surface area contributed by atoms with Crippen LogP contribution in [0.4, 0.5) is 17.4 Å². The van der Waals surface area contributed by atoms with Gasteiger partial charge in [-0.15, -0.1) is 0 Å². The highest BCUT2D eigenvalue weighted by Crippen LogP contribution is 2.28. The number of hydrogen-bond donors (Lipinski definition) is 1. The van der Waals surface area contributed by atoms with Crippen molar-refractivity contribution in [1.29, 1.82) is 0 Å². The summed E-state index contributed by atoms with van der Waals surface area (Å²) in [6.45, 7) is 1.46. The molecular formula is C20H21N3O3. The summed E-state index contributed by atoms with van der Waals surface area (Å²) in [5.41, 5.74) is 1.35. The van der Waals surface area contributed by atoms with Crippen LogP contribution in [0.5, 0.6) is 0 Å². The van der Waals surface area contributed by atoms with Crippen molar-refractivity contribution in [3.8, 4) is 0 Å². The highest BCUT2D eigenvalue weighted by molar-refractivity contribution is 5.87. The number of nitrogens with zero attached hydrogens (tertiary/aromatic N) is 2. The molecule has 1 saturated heterocycles. The second-order valence-corrected chi connectivity index (χ2v) is 6.41. The Morgan fingerprint density at radius 2 is 1.92 bits per heavy atom. The van der Waals surface area contributed by atoms with Gasteiger partial charge in [0, 0.05) is 44.3 Å². The molecule has 1 N–H and O–H groups in total. The maximum atomic E-state index is 12.6. The number of pyridine rings is 1. The third-order valence-electron chi connectivity index (χ3n) is 4.67. The molecule has 0 radical (unpaired) electrons. The van der Waals surface area contributed by atoms with Crippen molar-refractivity contribution in [3.05, 3.63) is 58.9 Å². The number of nitrogens with one attached hydrogen (secondary N) is 1. The van der Waals surface area contributed by atoms with E-state index in [1.807, 2.05) is 42.3 Å². The molecule has 134 valence electrons. The maximum absolute atomic E-state index is 12.6. The van der Waals surface area contributed by atoms with Gasteiger partial charge >= 0.3 is 0 Å². The lowest BCUT2D eigenvalue weighted by Crippen LogP contribution is -2.28. The fourth-order valence-corrected chi connectivity index (χ4v) is 3.15. The first-order valence-electron chi connectivity index (χ1n) is 8.78. The molecule has 0 bridgehead atoms. The Balaban J connectivity index is 1.74. The molecule has 6 nitrogen and oxygen atoms in total. The molecule has 2 aromatic heterocycles. The van der Waals surface area contributed by atoms with Gasteiger partial charge in [0.25, 0.3) is 0 Å². The van der Waals surface area contributed by atoms with Crippen LogP contribution in [0.3, 0.4) is 0 Å². The number of hydrogen-bond acceptors (Lipinski definition) is 6. The molecule has 4 rings (SSSR count). The summed E-state index contributed by atoms with van der Waals surface area (Å²) < 4.78 is 11.5. The Labute approximate surface area is 151 Å². The van der Waals surface area contributed by atoms with Crippen LogP contribution >= 0.6 is 0 Å². The van der Waals surface area contributed by atoms with E-state index in [1.165, 1.54) is 6.07 Å². The van der Waals surface area contributed by atoms with Crippen LogP contribution < -0.4 is 15.6 Å². The largest absolute Gasteiger partial charge is 0.436 e. The lowest BCUT2D eigenvalue weighted by atomic mass is 10.1. The van der Waals surface area contributed by atoms with Gasteiger partial charge in [-0.3, -0.25) is 4.79 Å². The molecule has 1 aliphatic rings. The second-order valence-electron chi connectivity index (χ2n) is 6.41. The third kappa shape index (κ3) is 3.28. The number of fused-ring (bicyclic) bond motifs is 1. The average molecular weight is 351 g/mol. The minimum atomic E-state index is -0.0820. The summed E-state index contributed by atoms with van der Waals surface area (Å²) in [4.78, 5) is 18.9. The molecule has 1 aliphatic heterocycles. The first kappa shape index (κ1) is 16.6. The zero-order chi connectivity index (χ0) is 17.9. The fourth-order valence-electron chi connectivity index (χ4n) is 3.15. The lowest BCUT2D eigenvalue weighted by Gasteiger charge is -2.24. The highest BCUT2D eigenvalue weighted by atomic mass is 16.5. The van der Waals surface area contributed by atoms with Gasteiger partial charge in [0.05, 0.1) is 5.39 Å². The first-order valence-corrected chi connectivity index (χ1v) is 8.78. The van der Waals surface area contributed by atoms with Gasteiger partial charge in [0.1, 0.15) is 0 Å². The van der Waals surface area contributed by atoms with E-state index in [-0.39, 0.29) is 11.5 Å². The summed E-state index contributed by atoms with van der Waals surface area (Å²) in [5, 5.41) is 3.94. The van der Waals surface area contributed by atoms with Gasteiger partial charge in [0.15, 0.2) is 16.8 Å². The van der Waals surface area contributed by atoms with E-state index in [0.717, 1.165) is 31.7 Å². The Bertz CT molecular complexity index is 949. The van der Waals surface area contributed by atoms with Crippen molar-refractivity contribution in [2.75, 3.05) is 30.5 Å². The molecule has 0 aliphatic carbocycles. The maximum Gasteiger partial charge on any atom is 0.204 e. The van der Waals surface area contributed by atoms with Crippen molar-refractivity contribution < 1.29 is 9.15 Å². The van der Waals surface area contributed by atoms with Crippen molar-refractivity contribution in [3.63, 3.8) is 0 Å². The molecule has 1 aromatic carbocycles. The minimum absolute atomic E-state index is 0.0820. The Morgan fingerprint density at radius 1 is 1.15 bits per heavy atom. The number of ether oxygens (including phenoxy) is 1. The minimum Gasteiger partial charge on any atom is -0.436 e. The molecule has 0 amide bonds. The molecule has 0 atom stereocenters. The molecule has 0 unspecified atom stereocenters. The van der Waals surface area contributed by atoms with Gasteiger partial charge in [0.2, 0.25) is 5.88 Å². The van der Waals surface area contributed by atoms with Gasteiger partial charge in [-0.05, 0) is 31.0 Å². The molecule has 0 spiro atoms. The van der Waals surface area contributed by atoms with Crippen LogP contribution in [0.2, 0.25) is 0 Å². The van der Waals surface area contributed by atoms with Crippen molar-refractivity contribution >= 4 is 28.4 Å². The van der Waals surface area contributed by atoms with Crippen molar-refractivity contribution in [1.82, 2.24) is 4.98 Å². The molecule has 26 heavy (non-hydrogen) atoms. The molecule has 3 aromatic rings. The van der Waals surface area contributed by atoms with E-state index in [9.17, 15) is 4.79 Å². The average Bonchev–Trinajstić information content (AvgIpc) is 2.69. The number of para-hydroxylation sites is 1. The topological polar surface area (TPSA) is 67.6 Å². The number of benzene rings is 1. The van der Waals surface area contributed by atoms with E-state index in [0.29, 0.717) is 22.7 Å². The number of anilines is 3. The van der Waals surface area contributed by atoms with Crippen LogP contribution in [0.1, 0.15) is 12.8 Å². The molecule has 3 heterocycles. The Kier molecular flexibility index (Phi) is 4.58. The van der Waals surface area contributed by atoms with Crippen LogP contribution in [0.15, 0.2) is 57.9 Å². The lowest BCUT2D eigenvalue weighted by molar-refractivity contribution is 0.0904. The summed E-state index contributed by atoms with van der Waals surface area (Å²) in [6, 6.07) is 13.3. The monoisotopic (exact) mass is 351 g/mol. The van der Waals surface area contributed by atoms with Crippen molar-refractivity contribution in [2.24, 2.45) is 0 Å². The SMILES string of the molecule is CN(c1ccccc1)c1cc(=O)c2ccnc(NC3CCOCC3)c2o1. The Hall–Kier alpha value is -2.86. The number of aromatic nitrogens is 1. The fraction of sp³-hybridized carbons (Fsp3) is 0.300. The molecule has 0 saturated carbocycles. The molecule has 6 heteroatoms. The van der Waals surface area contributed by atoms with E-state index in [4.69, 9.17) is 9.15 Å². The predicted molar refractivity (Wildman–Crippen MR) is 102 cm³/mol. The zero-order valence-corrected chi connectivity index (χ0v) is 14.6. The summed E-state index contributed by atoms with van der Waals surface area (Å²) in [5.74, 6) is 1.09. The van der Waals surface area contributed by atoms with Gasteiger partial charge in [-0.1, -0.05) is 18.2 Å². The second kappa shape index (κ2) is 7.17. The van der Waals surface area contributed by atoms with Crippen LogP contribution in [-0.2, 0) is 4.74 Å². The van der Waals surface area contributed by atoms with E-state index in [2.05, 4.69) is 10.3 Å². The first-order chi connectivity index (χ1) is 12.7. The standard InChI is InChI=1S/C20H21N3O3/c1-23(15-5-3-2-4-6-15)18-13-17(24)16-7-10-21-20(19(16)26-18)22-14-8-11-25-12-9-14/h2-7,10,13-14H,8-9,11-12H2,1H3,(H,21,22). The van der Waals surface area contributed by atoms with Gasteiger partial charge in [-0.25, -0.2) is 4.98 Å². The van der Waals surface area contributed by atoms with Gasteiger partial charge in [-0.2, -0.15) is 0 Å². The van der Waals surface area contributed by atoms with Crippen molar-refractivity contribution in [2.45, 2.75) is 18.9 Å². The zero-order valence-electron chi connectivity index (χ0n) is 14.6. The van der Waals surface area contributed by atoms with Gasteiger partial charge < -0.3 is 19.4 Å². The summed E-state index contributed by atoms with van der Waals surface area (Å²) in [7, 11) is 1.88. The van der Waals surface area contributed by atoms with Crippen LogP contribution in [-0.4, -0.2) is 31.3 Å². The summed E-state index contributed by atoms with van der Waals surface area (Å²) in [6.07, 6.45) is 3.46. The number of rotatable bonds is 4.